The van der Waals surface area contributed by atoms with E-state index in [1.807, 2.05) is 0 Å². The Morgan fingerprint density at radius 2 is 1.75 bits per heavy atom. The highest BCUT2D eigenvalue weighted by Gasteiger charge is 2.13. The summed E-state index contributed by atoms with van der Waals surface area (Å²) in [5.41, 5.74) is 0.981. The van der Waals surface area contributed by atoms with E-state index < -0.39 is 0 Å². The maximum Gasteiger partial charge on any atom is 0.234 e. The van der Waals surface area contributed by atoms with Crippen molar-refractivity contribution >= 4 is 17.9 Å². The summed E-state index contributed by atoms with van der Waals surface area (Å²) in [6, 6.07) is 4.51. The van der Waals surface area contributed by atoms with Crippen molar-refractivity contribution in [3.63, 3.8) is 0 Å². The minimum atomic E-state index is -0.149. The maximum atomic E-state index is 11.6. The average Bonchev–Trinajstić information content (AvgIpc) is 2.35. The molecule has 0 amide bonds. The predicted molar refractivity (Wildman–Crippen MR) is 60.5 cm³/mol. The van der Waals surface area contributed by atoms with Crippen LogP contribution in [0.25, 0.3) is 0 Å². The van der Waals surface area contributed by atoms with Gasteiger partial charge in [0.2, 0.25) is 6.29 Å². The molecule has 0 aliphatic heterocycles. The van der Waals surface area contributed by atoms with Gasteiger partial charge in [0.1, 0.15) is 0 Å². The zero-order valence-electron chi connectivity index (χ0n) is 9.37. The first-order valence-corrected chi connectivity index (χ1v) is 5.22. The first-order valence-electron chi connectivity index (χ1n) is 5.22. The van der Waals surface area contributed by atoms with E-state index in [1.54, 1.807) is 26.2 Å². The molecular formula is C13H13O3. The second-order valence-corrected chi connectivity index (χ2v) is 3.42. The zero-order valence-corrected chi connectivity index (χ0v) is 9.37. The molecule has 1 aromatic rings. The minimum absolute atomic E-state index is 0.0393. The molecule has 3 nitrogen and oxygen atoms in total. The molecule has 1 radical (unpaired) electrons. The van der Waals surface area contributed by atoms with E-state index >= 15 is 0 Å². The van der Waals surface area contributed by atoms with Crippen molar-refractivity contribution in [2.75, 3.05) is 0 Å². The summed E-state index contributed by atoms with van der Waals surface area (Å²) in [7, 11) is 0. The Kier molecular flexibility index (Phi) is 4.11. The van der Waals surface area contributed by atoms with Crippen molar-refractivity contribution in [1.29, 1.82) is 0 Å². The molecule has 0 saturated carbocycles. The van der Waals surface area contributed by atoms with Crippen LogP contribution in [0.2, 0.25) is 0 Å². The van der Waals surface area contributed by atoms with Crippen molar-refractivity contribution in [2.24, 2.45) is 0 Å². The van der Waals surface area contributed by atoms with Crippen molar-refractivity contribution in [1.82, 2.24) is 0 Å². The lowest BCUT2D eigenvalue weighted by molar-refractivity contribution is 0.0987. The van der Waals surface area contributed by atoms with Gasteiger partial charge < -0.3 is 0 Å². The second-order valence-electron chi connectivity index (χ2n) is 3.42. The van der Waals surface area contributed by atoms with Gasteiger partial charge >= 0.3 is 0 Å². The molecular weight excluding hydrogens is 204 g/mol. The standard InChI is InChI=1S/C13H13O3/c1-3-12(15)9-5-6-10(8-14)11(7-9)13(16)4-2/h5-7H,3-4H2,1-2H3. The molecule has 1 rings (SSSR count). The third-order valence-electron chi connectivity index (χ3n) is 2.39. The number of benzene rings is 1. The van der Waals surface area contributed by atoms with Crippen molar-refractivity contribution in [2.45, 2.75) is 26.7 Å². The molecule has 83 valence electrons. The number of hydrogen-bond acceptors (Lipinski definition) is 3. The predicted octanol–water partition coefficient (Wildman–Crippen LogP) is 2.33. The molecule has 0 fully saturated rings. The van der Waals surface area contributed by atoms with Crippen LogP contribution < -0.4 is 0 Å². The fourth-order valence-electron chi connectivity index (χ4n) is 1.43. The summed E-state index contributed by atoms with van der Waals surface area (Å²) in [4.78, 5) is 33.7. The van der Waals surface area contributed by atoms with Crippen LogP contribution in [0.1, 0.15) is 53.0 Å². The van der Waals surface area contributed by atoms with E-state index in [-0.39, 0.29) is 22.7 Å². The van der Waals surface area contributed by atoms with E-state index in [4.69, 9.17) is 0 Å². The van der Waals surface area contributed by atoms with Crippen LogP contribution in [-0.4, -0.2) is 17.9 Å². The van der Waals surface area contributed by atoms with Crippen LogP contribution in [0.3, 0.4) is 0 Å². The molecule has 3 heteroatoms. The Morgan fingerprint density at radius 3 is 2.25 bits per heavy atom. The number of carbonyl (C=O) groups is 2. The Bertz CT molecular complexity index is 433. The largest absolute Gasteiger partial charge is 0.294 e. The number of carbonyl (C=O) groups excluding carboxylic acids is 3. The first-order chi connectivity index (χ1) is 7.63. The summed E-state index contributed by atoms with van der Waals surface area (Å²) in [5.74, 6) is -0.188. The average molecular weight is 217 g/mol. The summed E-state index contributed by atoms with van der Waals surface area (Å²) in [6.07, 6.45) is 2.40. The number of hydrogen-bond donors (Lipinski definition) is 0. The van der Waals surface area contributed by atoms with Crippen LogP contribution in [0.4, 0.5) is 0 Å². The molecule has 0 heterocycles. The molecule has 0 unspecified atom stereocenters. The van der Waals surface area contributed by atoms with Gasteiger partial charge in [-0.1, -0.05) is 19.9 Å². The minimum Gasteiger partial charge on any atom is -0.294 e. The van der Waals surface area contributed by atoms with Crippen molar-refractivity contribution in [3.05, 3.63) is 34.9 Å². The van der Waals surface area contributed by atoms with E-state index in [9.17, 15) is 14.4 Å². The lowest BCUT2D eigenvalue weighted by Crippen LogP contribution is -2.05. The molecule has 1 aromatic carbocycles. The van der Waals surface area contributed by atoms with E-state index in [0.717, 1.165) is 0 Å². The molecule has 0 aliphatic carbocycles. The molecule has 0 aromatic heterocycles. The number of ketones is 2. The Morgan fingerprint density at radius 1 is 1.12 bits per heavy atom. The summed E-state index contributed by atoms with van der Waals surface area (Å²) in [5, 5.41) is 0. The van der Waals surface area contributed by atoms with Gasteiger partial charge in [-0.2, -0.15) is 0 Å². The van der Waals surface area contributed by atoms with E-state index in [1.165, 1.54) is 12.1 Å². The lowest BCUT2D eigenvalue weighted by Gasteiger charge is -2.04. The molecule has 0 spiro atoms. The van der Waals surface area contributed by atoms with Crippen LogP contribution >= 0.6 is 0 Å². The molecule has 16 heavy (non-hydrogen) atoms. The van der Waals surface area contributed by atoms with Crippen LogP contribution in [0.15, 0.2) is 18.2 Å². The first kappa shape index (κ1) is 12.3. The fourth-order valence-corrected chi connectivity index (χ4v) is 1.43. The Labute approximate surface area is 94.5 Å². The van der Waals surface area contributed by atoms with Gasteiger partial charge in [-0.15, -0.1) is 0 Å². The monoisotopic (exact) mass is 217 g/mol. The summed E-state index contributed by atoms with van der Waals surface area (Å²) < 4.78 is 0. The smallest absolute Gasteiger partial charge is 0.234 e. The Balaban J connectivity index is 3.26. The summed E-state index contributed by atoms with van der Waals surface area (Å²) >= 11 is 0. The van der Waals surface area contributed by atoms with Gasteiger partial charge in [-0.3, -0.25) is 14.4 Å². The van der Waals surface area contributed by atoms with E-state index in [0.29, 0.717) is 18.4 Å². The topological polar surface area (TPSA) is 51.2 Å². The Hall–Kier alpha value is -1.77. The number of rotatable bonds is 5. The summed E-state index contributed by atoms with van der Waals surface area (Å²) in [6.45, 7) is 3.47. The fraction of sp³-hybridized carbons (Fsp3) is 0.308. The van der Waals surface area contributed by atoms with Gasteiger partial charge in [0.25, 0.3) is 0 Å². The highest BCUT2D eigenvalue weighted by Crippen LogP contribution is 2.14. The van der Waals surface area contributed by atoms with Gasteiger partial charge in [-0.05, 0) is 12.1 Å². The normalized spacial score (nSPS) is 9.88. The van der Waals surface area contributed by atoms with Gasteiger partial charge in [0.05, 0.1) is 0 Å². The van der Waals surface area contributed by atoms with Gasteiger partial charge in [0, 0.05) is 29.5 Å². The molecule has 0 aliphatic rings. The molecule has 0 N–H and O–H groups in total. The van der Waals surface area contributed by atoms with Crippen LogP contribution in [0, 0.1) is 0 Å². The molecule has 0 atom stereocenters. The van der Waals surface area contributed by atoms with Crippen molar-refractivity contribution in [3.8, 4) is 0 Å². The molecule has 0 saturated heterocycles. The third-order valence-corrected chi connectivity index (χ3v) is 2.39. The van der Waals surface area contributed by atoms with Crippen LogP contribution in [-0.2, 0) is 4.79 Å². The zero-order chi connectivity index (χ0) is 12.1. The number of Topliss-reactive ketones (excluding diaryl/α,β-unsaturated/α-hetero) is 2. The highest BCUT2D eigenvalue weighted by molar-refractivity contribution is 6.05. The lowest BCUT2D eigenvalue weighted by atomic mass is 9.97. The maximum absolute atomic E-state index is 11.6. The van der Waals surface area contributed by atoms with Gasteiger partial charge in [0.15, 0.2) is 11.6 Å². The third kappa shape index (κ3) is 2.42. The van der Waals surface area contributed by atoms with Crippen molar-refractivity contribution < 1.29 is 14.4 Å². The molecule has 0 bridgehead atoms. The highest BCUT2D eigenvalue weighted by atomic mass is 16.1. The quantitative estimate of drug-likeness (QED) is 0.711. The van der Waals surface area contributed by atoms with E-state index in [2.05, 4.69) is 0 Å². The second kappa shape index (κ2) is 5.35. The SMILES string of the molecule is CCC(=O)c1ccc([C]=O)c(C(=O)CC)c1. The van der Waals surface area contributed by atoms with Crippen LogP contribution in [0.5, 0.6) is 0 Å². The van der Waals surface area contributed by atoms with Gasteiger partial charge in [-0.25, -0.2) is 0 Å².